The molecule has 1 aromatic heterocycles. The monoisotopic (exact) mass is 297 g/mol. The van der Waals surface area contributed by atoms with Gasteiger partial charge in [0, 0.05) is 6.20 Å². The molecule has 0 amide bonds. The molecule has 0 bridgehead atoms. The number of hydrogen-bond donors (Lipinski definition) is 2. The summed E-state index contributed by atoms with van der Waals surface area (Å²) in [6.45, 7) is 2.02. The van der Waals surface area contributed by atoms with Crippen LogP contribution >= 0.6 is 12.2 Å². The summed E-state index contributed by atoms with van der Waals surface area (Å²) < 4.78 is 0. The highest BCUT2D eigenvalue weighted by molar-refractivity contribution is 7.80. The number of rotatable bonds is 2. The van der Waals surface area contributed by atoms with Crippen molar-refractivity contribution in [3.8, 4) is 0 Å². The van der Waals surface area contributed by atoms with Crippen LogP contribution in [0.4, 0.5) is 5.82 Å². The molecule has 3 rings (SSSR count). The number of aromatic nitrogens is 1. The Kier molecular flexibility index (Phi) is 4.15. The Bertz CT molecular complexity index is 654. The molecule has 1 heterocycles. The zero-order chi connectivity index (χ0) is 14.7. The average Bonchev–Trinajstić information content (AvgIpc) is 2.50. The number of thiocarbonyl (C=S) groups is 1. The smallest absolute Gasteiger partial charge is 0.172 e. The number of aryl methyl sites for hydroxylation is 2. The fourth-order valence-electron chi connectivity index (χ4n) is 2.82. The molecular formula is C17H19N3S. The number of nitrogens with one attached hydrogen (secondary N) is 2. The lowest BCUT2D eigenvalue weighted by Crippen LogP contribution is -2.34. The summed E-state index contributed by atoms with van der Waals surface area (Å²) in [6.07, 6.45) is 5.24. The van der Waals surface area contributed by atoms with Gasteiger partial charge in [0.2, 0.25) is 0 Å². The van der Waals surface area contributed by atoms with Crippen molar-refractivity contribution in [2.24, 2.45) is 0 Å². The Balaban J connectivity index is 1.70. The van der Waals surface area contributed by atoms with Crippen LogP contribution in [0.5, 0.6) is 0 Å². The van der Waals surface area contributed by atoms with Crippen LogP contribution in [-0.2, 0) is 6.42 Å². The Hall–Kier alpha value is -1.94. The maximum atomic E-state index is 5.44. The summed E-state index contributed by atoms with van der Waals surface area (Å²) in [5.41, 5.74) is 3.88. The molecule has 0 saturated heterocycles. The first-order valence-electron chi connectivity index (χ1n) is 7.31. The van der Waals surface area contributed by atoms with Crippen LogP contribution in [0.3, 0.4) is 0 Å². The Morgan fingerprint density at radius 2 is 2.10 bits per heavy atom. The fraction of sp³-hybridized carbons (Fsp3) is 0.294. The highest BCUT2D eigenvalue weighted by Gasteiger charge is 2.20. The van der Waals surface area contributed by atoms with Gasteiger partial charge in [0.15, 0.2) is 5.11 Å². The van der Waals surface area contributed by atoms with Gasteiger partial charge in [-0.3, -0.25) is 0 Å². The molecule has 0 spiro atoms. The van der Waals surface area contributed by atoms with E-state index in [0.717, 1.165) is 24.2 Å². The Morgan fingerprint density at radius 3 is 2.95 bits per heavy atom. The van der Waals surface area contributed by atoms with Crippen molar-refractivity contribution in [3.05, 3.63) is 59.3 Å². The van der Waals surface area contributed by atoms with E-state index in [4.69, 9.17) is 12.2 Å². The van der Waals surface area contributed by atoms with Crippen LogP contribution in [0.2, 0.25) is 0 Å². The summed E-state index contributed by atoms with van der Waals surface area (Å²) >= 11 is 5.44. The Labute approximate surface area is 130 Å². The van der Waals surface area contributed by atoms with Crippen molar-refractivity contribution < 1.29 is 0 Å². The van der Waals surface area contributed by atoms with Crippen LogP contribution < -0.4 is 10.6 Å². The minimum atomic E-state index is 0.291. The first kappa shape index (κ1) is 14.0. The number of anilines is 1. The molecule has 4 heteroatoms. The van der Waals surface area contributed by atoms with Crippen molar-refractivity contribution in [2.45, 2.75) is 32.2 Å². The van der Waals surface area contributed by atoms with Crippen molar-refractivity contribution in [2.75, 3.05) is 5.32 Å². The predicted octanol–water partition coefficient (Wildman–Crippen LogP) is 3.75. The lowest BCUT2D eigenvalue weighted by Gasteiger charge is -2.27. The van der Waals surface area contributed by atoms with E-state index in [2.05, 4.69) is 39.9 Å². The van der Waals surface area contributed by atoms with Crippen LogP contribution in [-0.4, -0.2) is 10.1 Å². The lowest BCUT2D eigenvalue weighted by atomic mass is 9.88. The standard InChI is InChI=1S/C17H19N3S/c1-12-6-5-11-18-16(12)20-17(21)19-15-10-4-8-13-7-2-3-9-14(13)15/h2-3,5-7,9,11,15H,4,8,10H2,1H3,(H2,18,19,20,21). The summed E-state index contributed by atoms with van der Waals surface area (Å²) in [5.74, 6) is 0.819. The van der Waals surface area contributed by atoms with Gasteiger partial charge in [-0.25, -0.2) is 4.98 Å². The SMILES string of the molecule is Cc1cccnc1NC(=S)NC1CCCc2ccccc21. The van der Waals surface area contributed by atoms with Gasteiger partial charge in [0.05, 0.1) is 6.04 Å². The molecule has 108 valence electrons. The van der Waals surface area contributed by atoms with Gasteiger partial charge in [-0.15, -0.1) is 0 Å². The minimum Gasteiger partial charge on any atom is -0.356 e. The van der Waals surface area contributed by atoms with E-state index in [1.54, 1.807) is 6.20 Å². The van der Waals surface area contributed by atoms with E-state index in [1.165, 1.54) is 17.5 Å². The van der Waals surface area contributed by atoms with Crippen molar-refractivity contribution >= 4 is 23.1 Å². The molecule has 0 radical (unpaired) electrons. The summed E-state index contributed by atoms with van der Waals surface area (Å²) in [4.78, 5) is 4.32. The molecule has 2 N–H and O–H groups in total. The largest absolute Gasteiger partial charge is 0.356 e. The maximum Gasteiger partial charge on any atom is 0.172 e. The molecule has 1 atom stereocenters. The third-order valence-electron chi connectivity index (χ3n) is 3.92. The second-order valence-electron chi connectivity index (χ2n) is 5.41. The van der Waals surface area contributed by atoms with Crippen LogP contribution in [0, 0.1) is 6.92 Å². The number of pyridine rings is 1. The van der Waals surface area contributed by atoms with E-state index in [1.807, 2.05) is 19.1 Å². The minimum absolute atomic E-state index is 0.291. The fourth-order valence-corrected chi connectivity index (χ4v) is 3.06. The van der Waals surface area contributed by atoms with E-state index in [9.17, 15) is 0 Å². The molecule has 3 nitrogen and oxygen atoms in total. The molecule has 21 heavy (non-hydrogen) atoms. The van der Waals surface area contributed by atoms with Gasteiger partial charge < -0.3 is 10.6 Å². The molecule has 1 unspecified atom stereocenters. The van der Waals surface area contributed by atoms with Gasteiger partial charge >= 0.3 is 0 Å². The van der Waals surface area contributed by atoms with Gasteiger partial charge in [0.25, 0.3) is 0 Å². The Morgan fingerprint density at radius 1 is 1.24 bits per heavy atom. The normalized spacial score (nSPS) is 16.9. The number of benzene rings is 1. The van der Waals surface area contributed by atoms with E-state index in [0.29, 0.717) is 11.2 Å². The molecule has 0 fully saturated rings. The average molecular weight is 297 g/mol. The first-order chi connectivity index (χ1) is 10.2. The van der Waals surface area contributed by atoms with Crippen molar-refractivity contribution in [1.29, 1.82) is 0 Å². The van der Waals surface area contributed by atoms with Gasteiger partial charge in [-0.1, -0.05) is 30.3 Å². The number of nitrogens with zero attached hydrogens (tertiary/aromatic N) is 1. The molecule has 1 aliphatic carbocycles. The van der Waals surface area contributed by atoms with Gasteiger partial charge in [-0.2, -0.15) is 0 Å². The van der Waals surface area contributed by atoms with Crippen molar-refractivity contribution in [1.82, 2.24) is 10.3 Å². The van der Waals surface area contributed by atoms with Crippen LogP contribution in [0.1, 0.15) is 35.6 Å². The highest BCUT2D eigenvalue weighted by atomic mass is 32.1. The topological polar surface area (TPSA) is 37.0 Å². The van der Waals surface area contributed by atoms with Gasteiger partial charge in [0.1, 0.15) is 5.82 Å². The molecule has 0 saturated carbocycles. The third kappa shape index (κ3) is 3.22. The second-order valence-corrected chi connectivity index (χ2v) is 5.82. The molecule has 1 aliphatic rings. The second kappa shape index (κ2) is 6.22. The summed E-state index contributed by atoms with van der Waals surface area (Å²) in [6, 6.07) is 12.8. The number of hydrogen-bond acceptors (Lipinski definition) is 2. The van der Waals surface area contributed by atoms with E-state index < -0.39 is 0 Å². The molecular weight excluding hydrogens is 278 g/mol. The van der Waals surface area contributed by atoms with Crippen LogP contribution in [0.25, 0.3) is 0 Å². The summed E-state index contributed by atoms with van der Waals surface area (Å²) in [7, 11) is 0. The lowest BCUT2D eigenvalue weighted by molar-refractivity contribution is 0.529. The maximum absolute atomic E-state index is 5.44. The summed E-state index contributed by atoms with van der Waals surface area (Å²) in [5, 5.41) is 7.27. The molecule has 1 aromatic carbocycles. The van der Waals surface area contributed by atoms with E-state index >= 15 is 0 Å². The molecule has 0 aliphatic heterocycles. The molecule has 2 aromatic rings. The zero-order valence-corrected chi connectivity index (χ0v) is 12.9. The van der Waals surface area contributed by atoms with Crippen molar-refractivity contribution in [3.63, 3.8) is 0 Å². The number of fused-ring (bicyclic) bond motifs is 1. The quantitative estimate of drug-likeness (QED) is 0.828. The zero-order valence-electron chi connectivity index (χ0n) is 12.1. The third-order valence-corrected chi connectivity index (χ3v) is 4.14. The first-order valence-corrected chi connectivity index (χ1v) is 7.72. The van der Waals surface area contributed by atoms with Gasteiger partial charge in [-0.05, 0) is 61.2 Å². The van der Waals surface area contributed by atoms with Crippen LogP contribution in [0.15, 0.2) is 42.6 Å². The highest BCUT2D eigenvalue weighted by Crippen LogP contribution is 2.29. The predicted molar refractivity (Wildman–Crippen MR) is 90.5 cm³/mol. The van der Waals surface area contributed by atoms with E-state index in [-0.39, 0.29) is 0 Å².